The quantitative estimate of drug-likeness (QED) is 0.388. The van der Waals surface area contributed by atoms with E-state index in [1.807, 2.05) is 0 Å². The first-order valence-corrected chi connectivity index (χ1v) is 10.0. The first-order valence-electron chi connectivity index (χ1n) is 10.0. The lowest BCUT2D eigenvalue weighted by Gasteiger charge is -2.09. The normalized spacial score (nSPS) is 9.88. The van der Waals surface area contributed by atoms with Gasteiger partial charge in [0.15, 0.2) is 0 Å². The molecule has 0 aliphatic rings. The number of carbonyl (C=O) groups is 1. The van der Waals surface area contributed by atoms with Crippen molar-refractivity contribution in [2.24, 2.45) is 0 Å². The molecule has 4 rings (SSSR count). The van der Waals surface area contributed by atoms with Crippen LogP contribution in [0.5, 0.6) is 23.0 Å². The molecule has 0 radical (unpaired) electrons. The van der Waals surface area contributed by atoms with Crippen LogP contribution >= 0.6 is 0 Å². The topological polar surface area (TPSA) is 95.1 Å². The van der Waals surface area contributed by atoms with Crippen molar-refractivity contribution < 1.29 is 14.3 Å². The Morgan fingerprint density at radius 1 is 0.576 bits per heavy atom. The predicted molar refractivity (Wildman–Crippen MR) is 123 cm³/mol. The number of benzene rings is 4. The minimum Gasteiger partial charge on any atom is -0.457 e. The highest BCUT2D eigenvalue weighted by Crippen LogP contribution is 2.25. The molecule has 0 atom stereocenters. The highest BCUT2D eigenvalue weighted by atomic mass is 16.5. The van der Waals surface area contributed by atoms with Crippen molar-refractivity contribution in [1.82, 2.24) is 0 Å². The Bertz CT molecular complexity index is 1330. The van der Waals surface area contributed by atoms with Crippen molar-refractivity contribution in [2.75, 3.05) is 5.32 Å². The Kier molecular flexibility index (Phi) is 6.30. The Morgan fingerprint density at radius 2 is 0.939 bits per heavy atom. The average Bonchev–Trinajstić information content (AvgIpc) is 2.86. The maximum absolute atomic E-state index is 12.6. The zero-order chi connectivity index (χ0) is 23.0. The largest absolute Gasteiger partial charge is 0.457 e. The molecule has 1 amide bonds. The number of ether oxygens (including phenoxy) is 2. The molecule has 0 aliphatic carbocycles. The van der Waals surface area contributed by atoms with Gasteiger partial charge in [-0.05, 0) is 97.1 Å². The minimum atomic E-state index is -0.249. The third-order valence-corrected chi connectivity index (χ3v) is 4.67. The van der Waals surface area contributed by atoms with Gasteiger partial charge in [0, 0.05) is 11.3 Å². The number of nitrogens with zero attached hydrogens (tertiary/aromatic N) is 2. The molecule has 0 unspecified atom stereocenters. The Hall–Kier alpha value is -5.07. The third-order valence-electron chi connectivity index (χ3n) is 4.67. The van der Waals surface area contributed by atoms with E-state index in [1.165, 1.54) is 0 Å². The van der Waals surface area contributed by atoms with Gasteiger partial charge in [0.2, 0.25) is 0 Å². The van der Waals surface area contributed by atoms with Crippen LogP contribution in [0.2, 0.25) is 0 Å². The fraction of sp³-hybridized carbons (Fsp3) is 0. The maximum atomic E-state index is 12.6. The number of nitriles is 2. The Balaban J connectivity index is 1.34. The SMILES string of the molecule is N#Cc1ccc(Oc2ccc(NC(=O)c3ccc(Oc4ccc(C#N)cc4)cc3)cc2)cc1. The second-order valence-corrected chi connectivity index (χ2v) is 6.98. The van der Waals surface area contributed by atoms with Crippen molar-refractivity contribution in [3.63, 3.8) is 0 Å². The van der Waals surface area contributed by atoms with Crippen LogP contribution in [0, 0.1) is 22.7 Å². The number of hydrogen-bond acceptors (Lipinski definition) is 5. The second kappa shape index (κ2) is 9.82. The van der Waals surface area contributed by atoms with Gasteiger partial charge >= 0.3 is 0 Å². The van der Waals surface area contributed by atoms with Gasteiger partial charge in [-0.2, -0.15) is 10.5 Å². The first kappa shape index (κ1) is 21.2. The molecular weight excluding hydrogens is 414 g/mol. The number of amides is 1. The molecule has 0 saturated carbocycles. The van der Waals surface area contributed by atoms with Gasteiger partial charge in [-0.25, -0.2) is 0 Å². The highest BCUT2D eigenvalue weighted by Gasteiger charge is 2.07. The van der Waals surface area contributed by atoms with Crippen LogP contribution in [0.15, 0.2) is 97.1 Å². The van der Waals surface area contributed by atoms with E-state index < -0.39 is 0 Å². The summed E-state index contributed by atoms with van der Waals surface area (Å²) in [6.45, 7) is 0. The highest BCUT2D eigenvalue weighted by molar-refractivity contribution is 6.04. The number of nitrogens with one attached hydrogen (secondary N) is 1. The van der Waals surface area contributed by atoms with Crippen LogP contribution in [0.1, 0.15) is 21.5 Å². The summed E-state index contributed by atoms with van der Waals surface area (Å²) in [5.74, 6) is 2.17. The van der Waals surface area contributed by atoms with Crippen LogP contribution in [0.25, 0.3) is 0 Å². The zero-order valence-corrected chi connectivity index (χ0v) is 17.4. The molecule has 6 nitrogen and oxygen atoms in total. The van der Waals surface area contributed by atoms with Crippen LogP contribution in [-0.2, 0) is 0 Å². The van der Waals surface area contributed by atoms with Crippen LogP contribution in [0.4, 0.5) is 5.69 Å². The number of carbonyl (C=O) groups excluding carboxylic acids is 1. The van der Waals surface area contributed by atoms with E-state index in [9.17, 15) is 4.79 Å². The smallest absolute Gasteiger partial charge is 0.255 e. The van der Waals surface area contributed by atoms with Crippen molar-refractivity contribution in [3.8, 4) is 35.1 Å². The summed E-state index contributed by atoms with van der Waals surface area (Å²) in [4.78, 5) is 12.6. The fourth-order valence-corrected chi connectivity index (χ4v) is 2.95. The summed E-state index contributed by atoms with van der Waals surface area (Å²) in [6.07, 6.45) is 0. The van der Waals surface area contributed by atoms with Gasteiger partial charge in [0.1, 0.15) is 23.0 Å². The summed E-state index contributed by atoms with van der Waals surface area (Å²) in [6, 6.07) is 31.5. The van der Waals surface area contributed by atoms with Crippen molar-refractivity contribution >= 4 is 11.6 Å². The number of rotatable bonds is 6. The summed E-state index contributed by atoms with van der Waals surface area (Å²) in [7, 11) is 0. The first-order chi connectivity index (χ1) is 16.1. The minimum absolute atomic E-state index is 0.249. The number of anilines is 1. The maximum Gasteiger partial charge on any atom is 0.255 e. The third kappa shape index (κ3) is 5.55. The van der Waals surface area contributed by atoms with Crippen molar-refractivity contribution in [2.45, 2.75) is 0 Å². The molecule has 0 spiro atoms. The molecule has 0 aromatic heterocycles. The van der Waals surface area contributed by atoms with Gasteiger partial charge in [0.05, 0.1) is 23.3 Å². The molecule has 4 aromatic rings. The lowest BCUT2D eigenvalue weighted by molar-refractivity contribution is 0.102. The molecule has 4 aromatic carbocycles. The molecule has 158 valence electrons. The molecule has 0 heterocycles. The lowest BCUT2D eigenvalue weighted by Crippen LogP contribution is -2.11. The average molecular weight is 431 g/mol. The van der Waals surface area contributed by atoms with Gasteiger partial charge in [0.25, 0.3) is 5.91 Å². The molecule has 6 heteroatoms. The monoisotopic (exact) mass is 431 g/mol. The van der Waals surface area contributed by atoms with Gasteiger partial charge in [-0.1, -0.05) is 0 Å². The van der Waals surface area contributed by atoms with E-state index in [1.54, 1.807) is 97.1 Å². The van der Waals surface area contributed by atoms with E-state index in [0.717, 1.165) is 0 Å². The van der Waals surface area contributed by atoms with E-state index in [4.69, 9.17) is 20.0 Å². The standard InChI is InChI=1S/C27H17N3O3/c28-17-19-1-9-23(10-2-19)32-25-13-5-21(6-14-25)27(31)30-22-7-15-26(16-8-22)33-24-11-3-20(18-29)4-12-24/h1-16H,(H,30,31). The summed E-state index contributed by atoms with van der Waals surface area (Å²) >= 11 is 0. The van der Waals surface area contributed by atoms with Crippen LogP contribution in [0.3, 0.4) is 0 Å². The van der Waals surface area contributed by atoms with E-state index in [0.29, 0.717) is 45.4 Å². The summed E-state index contributed by atoms with van der Waals surface area (Å²) in [5.41, 5.74) is 2.24. The molecule has 1 N–H and O–H groups in total. The Labute approximate surface area is 190 Å². The van der Waals surface area contributed by atoms with Gasteiger partial charge < -0.3 is 14.8 Å². The molecule has 0 bridgehead atoms. The molecule has 0 aliphatic heterocycles. The van der Waals surface area contributed by atoms with Gasteiger partial charge in [-0.15, -0.1) is 0 Å². The van der Waals surface area contributed by atoms with E-state index >= 15 is 0 Å². The fourth-order valence-electron chi connectivity index (χ4n) is 2.95. The molecule has 0 fully saturated rings. The van der Waals surface area contributed by atoms with Gasteiger partial charge in [-0.3, -0.25) is 4.79 Å². The van der Waals surface area contributed by atoms with Crippen LogP contribution < -0.4 is 14.8 Å². The molecule has 0 saturated heterocycles. The van der Waals surface area contributed by atoms with Crippen molar-refractivity contribution in [3.05, 3.63) is 114 Å². The predicted octanol–water partition coefficient (Wildman–Crippen LogP) is 6.27. The van der Waals surface area contributed by atoms with Crippen molar-refractivity contribution in [1.29, 1.82) is 10.5 Å². The lowest BCUT2D eigenvalue weighted by atomic mass is 10.2. The summed E-state index contributed by atoms with van der Waals surface area (Å²) in [5, 5.41) is 20.5. The van der Waals surface area contributed by atoms with E-state index in [2.05, 4.69) is 17.5 Å². The number of hydrogen-bond donors (Lipinski definition) is 1. The zero-order valence-electron chi connectivity index (χ0n) is 17.4. The summed E-state index contributed by atoms with van der Waals surface area (Å²) < 4.78 is 11.5. The van der Waals surface area contributed by atoms with Crippen LogP contribution in [-0.4, -0.2) is 5.91 Å². The Morgan fingerprint density at radius 3 is 1.33 bits per heavy atom. The van der Waals surface area contributed by atoms with E-state index in [-0.39, 0.29) is 5.91 Å². The molecule has 33 heavy (non-hydrogen) atoms. The molecular formula is C27H17N3O3. The second-order valence-electron chi connectivity index (χ2n) is 6.98.